The second kappa shape index (κ2) is 7.98. The summed E-state index contributed by atoms with van der Waals surface area (Å²) in [5, 5.41) is 5.82. The fourth-order valence-corrected chi connectivity index (χ4v) is 3.01. The van der Waals surface area contributed by atoms with Crippen molar-refractivity contribution in [2.45, 2.75) is 59.4 Å². The summed E-state index contributed by atoms with van der Waals surface area (Å²) < 4.78 is 2.15. The van der Waals surface area contributed by atoms with E-state index in [0.29, 0.717) is 12.0 Å². The SMILES string of the molecule is CCC(CC)n1ccc(CC(CBr)CC(C)C)n1. The molecule has 1 unspecified atom stereocenters. The fourth-order valence-electron chi connectivity index (χ4n) is 2.52. The van der Waals surface area contributed by atoms with Crippen LogP contribution in [0.25, 0.3) is 0 Å². The highest BCUT2D eigenvalue weighted by Gasteiger charge is 2.13. The molecule has 18 heavy (non-hydrogen) atoms. The van der Waals surface area contributed by atoms with Crippen molar-refractivity contribution in [3.63, 3.8) is 0 Å². The van der Waals surface area contributed by atoms with Gasteiger partial charge in [-0.3, -0.25) is 4.68 Å². The molecular weight excluding hydrogens is 288 g/mol. The molecule has 0 spiro atoms. The molecule has 0 radical (unpaired) electrons. The van der Waals surface area contributed by atoms with Crippen LogP contribution in [0.2, 0.25) is 0 Å². The third-order valence-corrected chi connectivity index (χ3v) is 4.42. The van der Waals surface area contributed by atoms with Crippen LogP contribution in [0.3, 0.4) is 0 Å². The van der Waals surface area contributed by atoms with Gasteiger partial charge in [-0.1, -0.05) is 43.6 Å². The quantitative estimate of drug-likeness (QED) is 0.627. The normalized spacial score (nSPS) is 13.5. The molecule has 0 amide bonds. The number of hydrogen-bond acceptors (Lipinski definition) is 1. The Labute approximate surface area is 120 Å². The monoisotopic (exact) mass is 314 g/mol. The third kappa shape index (κ3) is 4.75. The van der Waals surface area contributed by atoms with Crippen molar-refractivity contribution < 1.29 is 0 Å². The van der Waals surface area contributed by atoms with Gasteiger partial charge in [0.05, 0.1) is 11.7 Å². The standard InChI is InChI=1S/C15H27BrN2/c1-5-15(6-2)18-8-7-14(17-18)10-13(11-16)9-12(3)4/h7-8,12-13,15H,5-6,9-11H2,1-4H3. The Bertz CT molecular complexity index is 329. The smallest absolute Gasteiger partial charge is 0.0627 e. The van der Waals surface area contributed by atoms with Crippen LogP contribution in [-0.2, 0) is 6.42 Å². The van der Waals surface area contributed by atoms with Crippen molar-refractivity contribution in [3.05, 3.63) is 18.0 Å². The second-order valence-corrected chi connectivity index (χ2v) is 6.26. The average molecular weight is 315 g/mol. The van der Waals surface area contributed by atoms with E-state index in [-0.39, 0.29) is 0 Å². The van der Waals surface area contributed by atoms with Crippen molar-refractivity contribution in [3.8, 4) is 0 Å². The second-order valence-electron chi connectivity index (χ2n) is 5.61. The molecule has 0 aromatic carbocycles. The zero-order chi connectivity index (χ0) is 13.5. The number of rotatable bonds is 8. The Morgan fingerprint density at radius 3 is 2.44 bits per heavy atom. The molecule has 1 atom stereocenters. The summed E-state index contributed by atoms with van der Waals surface area (Å²) in [7, 11) is 0. The molecule has 0 aliphatic carbocycles. The molecule has 1 rings (SSSR count). The number of alkyl halides is 1. The molecule has 0 saturated heterocycles. The van der Waals surface area contributed by atoms with Gasteiger partial charge in [-0.05, 0) is 43.6 Å². The maximum absolute atomic E-state index is 4.74. The molecule has 0 aliphatic rings. The summed E-state index contributed by atoms with van der Waals surface area (Å²) in [5.41, 5.74) is 1.24. The Balaban J connectivity index is 2.62. The molecule has 1 heterocycles. The third-order valence-electron chi connectivity index (χ3n) is 3.50. The van der Waals surface area contributed by atoms with Gasteiger partial charge in [0, 0.05) is 11.5 Å². The van der Waals surface area contributed by atoms with Gasteiger partial charge in [0.15, 0.2) is 0 Å². The van der Waals surface area contributed by atoms with Crippen LogP contribution in [0.1, 0.15) is 58.7 Å². The molecule has 1 aromatic heterocycles. The van der Waals surface area contributed by atoms with Gasteiger partial charge in [0.25, 0.3) is 0 Å². The first-order chi connectivity index (χ1) is 8.60. The highest BCUT2D eigenvalue weighted by Crippen LogP contribution is 2.20. The van der Waals surface area contributed by atoms with Crippen LogP contribution < -0.4 is 0 Å². The highest BCUT2D eigenvalue weighted by atomic mass is 79.9. The lowest BCUT2D eigenvalue weighted by Gasteiger charge is -2.15. The highest BCUT2D eigenvalue weighted by molar-refractivity contribution is 9.09. The van der Waals surface area contributed by atoms with Gasteiger partial charge in [-0.25, -0.2) is 0 Å². The van der Waals surface area contributed by atoms with E-state index in [2.05, 4.69) is 60.6 Å². The fraction of sp³-hybridized carbons (Fsp3) is 0.800. The molecule has 104 valence electrons. The molecular formula is C15H27BrN2. The van der Waals surface area contributed by atoms with Crippen LogP contribution in [0.4, 0.5) is 0 Å². The topological polar surface area (TPSA) is 17.8 Å². The van der Waals surface area contributed by atoms with E-state index >= 15 is 0 Å². The molecule has 1 aromatic rings. The minimum Gasteiger partial charge on any atom is -0.269 e. The van der Waals surface area contributed by atoms with Gasteiger partial charge in [0.2, 0.25) is 0 Å². The van der Waals surface area contributed by atoms with E-state index in [0.717, 1.165) is 30.5 Å². The lowest BCUT2D eigenvalue weighted by atomic mass is 9.95. The zero-order valence-corrected chi connectivity index (χ0v) is 13.8. The summed E-state index contributed by atoms with van der Waals surface area (Å²) in [5.74, 6) is 1.46. The minimum atomic E-state index is 0.561. The first-order valence-electron chi connectivity index (χ1n) is 7.20. The first kappa shape index (κ1) is 15.7. The Hall–Kier alpha value is -0.310. The summed E-state index contributed by atoms with van der Waals surface area (Å²) >= 11 is 3.63. The van der Waals surface area contributed by atoms with Gasteiger partial charge in [0.1, 0.15) is 0 Å². The van der Waals surface area contributed by atoms with Gasteiger partial charge in [-0.2, -0.15) is 5.10 Å². The van der Waals surface area contributed by atoms with Crippen molar-refractivity contribution in [2.75, 3.05) is 5.33 Å². The maximum Gasteiger partial charge on any atom is 0.0627 e. The number of halogens is 1. The van der Waals surface area contributed by atoms with E-state index in [1.54, 1.807) is 0 Å². The van der Waals surface area contributed by atoms with Crippen LogP contribution in [0, 0.1) is 11.8 Å². The molecule has 0 fully saturated rings. The van der Waals surface area contributed by atoms with E-state index in [9.17, 15) is 0 Å². The zero-order valence-electron chi connectivity index (χ0n) is 12.2. The first-order valence-corrected chi connectivity index (χ1v) is 8.32. The summed E-state index contributed by atoms with van der Waals surface area (Å²) in [6, 6.07) is 2.75. The Morgan fingerprint density at radius 2 is 1.94 bits per heavy atom. The minimum absolute atomic E-state index is 0.561. The van der Waals surface area contributed by atoms with Crippen molar-refractivity contribution >= 4 is 15.9 Å². The van der Waals surface area contributed by atoms with E-state index in [1.807, 2.05) is 0 Å². The van der Waals surface area contributed by atoms with Crippen LogP contribution in [0.5, 0.6) is 0 Å². The number of hydrogen-bond donors (Lipinski definition) is 0. The van der Waals surface area contributed by atoms with Crippen LogP contribution in [0.15, 0.2) is 12.3 Å². The molecule has 0 aliphatic heterocycles. The number of aromatic nitrogens is 2. The van der Waals surface area contributed by atoms with Crippen molar-refractivity contribution in [1.29, 1.82) is 0 Å². The lowest BCUT2D eigenvalue weighted by Crippen LogP contribution is -2.12. The van der Waals surface area contributed by atoms with Crippen molar-refractivity contribution in [2.24, 2.45) is 11.8 Å². The van der Waals surface area contributed by atoms with E-state index < -0.39 is 0 Å². The molecule has 3 heteroatoms. The number of nitrogens with zero attached hydrogens (tertiary/aromatic N) is 2. The van der Waals surface area contributed by atoms with Crippen molar-refractivity contribution in [1.82, 2.24) is 9.78 Å². The van der Waals surface area contributed by atoms with Gasteiger partial charge in [-0.15, -0.1) is 0 Å². The van der Waals surface area contributed by atoms with Gasteiger partial charge >= 0.3 is 0 Å². The predicted octanol–water partition coefficient (Wildman–Crippen LogP) is 4.84. The average Bonchev–Trinajstić information content (AvgIpc) is 2.78. The Kier molecular flexibility index (Phi) is 6.98. The van der Waals surface area contributed by atoms with Gasteiger partial charge < -0.3 is 0 Å². The van der Waals surface area contributed by atoms with Crippen LogP contribution >= 0.6 is 15.9 Å². The summed E-state index contributed by atoms with van der Waals surface area (Å²) in [4.78, 5) is 0. The predicted molar refractivity (Wildman–Crippen MR) is 82.3 cm³/mol. The lowest BCUT2D eigenvalue weighted by molar-refractivity contribution is 0.413. The molecule has 0 saturated carbocycles. The van der Waals surface area contributed by atoms with E-state index in [1.165, 1.54) is 12.1 Å². The maximum atomic E-state index is 4.74. The molecule has 0 N–H and O–H groups in total. The largest absolute Gasteiger partial charge is 0.269 e. The van der Waals surface area contributed by atoms with E-state index in [4.69, 9.17) is 5.10 Å². The molecule has 2 nitrogen and oxygen atoms in total. The summed E-state index contributed by atoms with van der Waals surface area (Å²) in [6.45, 7) is 9.04. The molecule has 0 bridgehead atoms. The van der Waals surface area contributed by atoms with Crippen LogP contribution in [-0.4, -0.2) is 15.1 Å². The summed E-state index contributed by atoms with van der Waals surface area (Å²) in [6.07, 6.45) is 6.82. The Morgan fingerprint density at radius 1 is 1.28 bits per heavy atom.